The van der Waals surface area contributed by atoms with Crippen LogP contribution in [0.1, 0.15) is 32.8 Å². The van der Waals surface area contributed by atoms with Gasteiger partial charge in [0.15, 0.2) is 0 Å². The summed E-state index contributed by atoms with van der Waals surface area (Å²) in [6.07, 6.45) is 0.783. The summed E-state index contributed by atoms with van der Waals surface area (Å²) in [6.45, 7) is 0.582. The Labute approximate surface area is 156 Å². The Balaban J connectivity index is 1.27. The van der Waals surface area contributed by atoms with Gasteiger partial charge in [0.25, 0.3) is 11.8 Å². The Hall–Kier alpha value is -3.41. The van der Waals surface area contributed by atoms with Crippen LogP contribution in [0.15, 0.2) is 54.6 Å². The number of amides is 3. The molecule has 3 aromatic rings. The van der Waals surface area contributed by atoms with Crippen LogP contribution >= 0.6 is 0 Å². The minimum atomic E-state index is -0.332. The molecular formula is C21H19N3O3. The molecule has 0 bridgehead atoms. The number of nitrogens with one attached hydrogen (secondary N) is 2. The molecule has 0 fully saturated rings. The number of imide groups is 1. The van der Waals surface area contributed by atoms with Crippen molar-refractivity contribution in [2.45, 2.75) is 12.8 Å². The average molecular weight is 361 g/mol. The third-order valence-corrected chi connectivity index (χ3v) is 4.74. The molecule has 0 saturated heterocycles. The largest absolute Gasteiger partial charge is 0.358 e. The van der Waals surface area contributed by atoms with Crippen LogP contribution in [0.25, 0.3) is 10.9 Å². The van der Waals surface area contributed by atoms with E-state index in [9.17, 15) is 14.4 Å². The van der Waals surface area contributed by atoms with Gasteiger partial charge in [-0.3, -0.25) is 19.3 Å². The van der Waals surface area contributed by atoms with Crippen LogP contribution in [0, 0.1) is 0 Å². The number of rotatable bonds is 6. The van der Waals surface area contributed by atoms with E-state index in [4.69, 9.17) is 0 Å². The van der Waals surface area contributed by atoms with Gasteiger partial charge in [0, 0.05) is 37.1 Å². The highest BCUT2D eigenvalue weighted by atomic mass is 16.2. The van der Waals surface area contributed by atoms with E-state index in [0.29, 0.717) is 24.1 Å². The van der Waals surface area contributed by atoms with E-state index >= 15 is 0 Å². The summed E-state index contributed by atoms with van der Waals surface area (Å²) < 4.78 is 0. The highest BCUT2D eigenvalue weighted by Crippen LogP contribution is 2.22. The van der Waals surface area contributed by atoms with Gasteiger partial charge < -0.3 is 10.3 Å². The molecule has 1 aromatic heterocycles. The number of fused-ring (bicyclic) bond motifs is 2. The predicted molar refractivity (Wildman–Crippen MR) is 101 cm³/mol. The van der Waals surface area contributed by atoms with Crippen LogP contribution in [0.3, 0.4) is 0 Å². The molecule has 0 saturated carbocycles. The first kappa shape index (κ1) is 17.0. The first-order chi connectivity index (χ1) is 13.1. The standard InChI is InChI=1S/C21H19N3O3/c25-19(22-11-9-15-13-14-5-1-4-8-18(14)23-15)10-12-24-20(26)16-6-2-3-7-17(16)21(24)27/h1-8,13,23H,9-12H2,(H,22,25). The van der Waals surface area contributed by atoms with Crippen LogP contribution in [0.5, 0.6) is 0 Å². The number of carbonyl (C=O) groups excluding carboxylic acids is 3. The third kappa shape index (κ3) is 3.33. The van der Waals surface area contributed by atoms with Crippen molar-refractivity contribution in [2.75, 3.05) is 13.1 Å². The number of benzene rings is 2. The fourth-order valence-corrected chi connectivity index (χ4v) is 3.35. The average Bonchev–Trinajstić information content (AvgIpc) is 3.20. The molecule has 3 amide bonds. The van der Waals surface area contributed by atoms with Gasteiger partial charge >= 0.3 is 0 Å². The topological polar surface area (TPSA) is 82.3 Å². The molecule has 1 aliphatic rings. The fourth-order valence-electron chi connectivity index (χ4n) is 3.35. The van der Waals surface area contributed by atoms with Crippen molar-refractivity contribution in [1.82, 2.24) is 15.2 Å². The van der Waals surface area contributed by atoms with E-state index in [1.165, 1.54) is 0 Å². The van der Waals surface area contributed by atoms with Gasteiger partial charge in [0.2, 0.25) is 5.91 Å². The number of H-pyrrole nitrogens is 1. The molecular weight excluding hydrogens is 342 g/mol. The van der Waals surface area contributed by atoms with Crippen LogP contribution in [0.4, 0.5) is 0 Å². The van der Waals surface area contributed by atoms with Crippen LogP contribution in [-0.4, -0.2) is 40.7 Å². The third-order valence-electron chi connectivity index (χ3n) is 4.74. The van der Waals surface area contributed by atoms with E-state index in [1.807, 2.05) is 24.3 Å². The zero-order valence-corrected chi connectivity index (χ0v) is 14.7. The lowest BCUT2D eigenvalue weighted by Crippen LogP contribution is -2.35. The summed E-state index contributed by atoms with van der Waals surface area (Å²) in [5.41, 5.74) is 2.93. The molecule has 6 heteroatoms. The minimum absolute atomic E-state index is 0.0879. The quantitative estimate of drug-likeness (QED) is 0.662. The normalized spacial score (nSPS) is 13.3. The Kier molecular flexibility index (Phi) is 4.46. The maximum atomic E-state index is 12.3. The van der Waals surface area contributed by atoms with Gasteiger partial charge in [-0.05, 0) is 29.7 Å². The van der Waals surface area contributed by atoms with Crippen molar-refractivity contribution in [3.63, 3.8) is 0 Å². The lowest BCUT2D eigenvalue weighted by atomic mass is 10.1. The van der Waals surface area contributed by atoms with E-state index < -0.39 is 0 Å². The summed E-state index contributed by atoms with van der Waals surface area (Å²) in [6, 6.07) is 16.8. The zero-order valence-electron chi connectivity index (χ0n) is 14.7. The van der Waals surface area contributed by atoms with E-state index in [0.717, 1.165) is 21.5 Å². The smallest absolute Gasteiger partial charge is 0.261 e. The van der Waals surface area contributed by atoms with Gasteiger partial charge in [-0.25, -0.2) is 0 Å². The number of hydrogen-bond acceptors (Lipinski definition) is 3. The number of hydrogen-bond donors (Lipinski definition) is 2. The molecule has 2 N–H and O–H groups in total. The molecule has 0 unspecified atom stereocenters. The van der Waals surface area contributed by atoms with Crippen molar-refractivity contribution in [1.29, 1.82) is 0 Å². The zero-order chi connectivity index (χ0) is 18.8. The van der Waals surface area contributed by atoms with Gasteiger partial charge in [0.1, 0.15) is 0 Å². The number of nitrogens with zero attached hydrogens (tertiary/aromatic N) is 1. The molecule has 0 spiro atoms. The van der Waals surface area contributed by atoms with Crippen molar-refractivity contribution in [3.05, 3.63) is 71.4 Å². The number of para-hydroxylation sites is 1. The summed E-state index contributed by atoms with van der Waals surface area (Å²) in [4.78, 5) is 41.1. The first-order valence-corrected chi connectivity index (χ1v) is 8.92. The van der Waals surface area contributed by atoms with Crippen molar-refractivity contribution < 1.29 is 14.4 Å². The highest BCUT2D eigenvalue weighted by Gasteiger charge is 2.34. The van der Waals surface area contributed by atoms with Crippen LogP contribution < -0.4 is 5.32 Å². The lowest BCUT2D eigenvalue weighted by molar-refractivity contribution is -0.121. The molecule has 1 aliphatic heterocycles. The minimum Gasteiger partial charge on any atom is -0.358 e. The number of aromatic nitrogens is 1. The molecule has 0 radical (unpaired) electrons. The molecule has 2 aromatic carbocycles. The summed E-state index contributed by atoms with van der Waals surface area (Å²) in [7, 11) is 0. The maximum absolute atomic E-state index is 12.3. The molecule has 0 atom stereocenters. The van der Waals surface area contributed by atoms with Crippen molar-refractivity contribution in [2.24, 2.45) is 0 Å². The second-order valence-corrected chi connectivity index (χ2v) is 6.54. The lowest BCUT2D eigenvalue weighted by Gasteiger charge is -2.13. The summed E-state index contributed by atoms with van der Waals surface area (Å²) in [5, 5.41) is 3.99. The Morgan fingerprint density at radius 3 is 2.33 bits per heavy atom. The number of carbonyl (C=O) groups is 3. The highest BCUT2D eigenvalue weighted by molar-refractivity contribution is 6.21. The van der Waals surface area contributed by atoms with E-state index in [-0.39, 0.29) is 30.7 Å². The SMILES string of the molecule is O=C(CCN1C(=O)c2ccccc2C1=O)NCCc1cc2ccccc2[nH]1. The Morgan fingerprint density at radius 1 is 0.963 bits per heavy atom. The van der Waals surface area contributed by atoms with Crippen molar-refractivity contribution in [3.8, 4) is 0 Å². The summed E-state index contributed by atoms with van der Waals surface area (Å²) in [5.74, 6) is -0.842. The molecule has 2 heterocycles. The molecule has 136 valence electrons. The van der Waals surface area contributed by atoms with Crippen molar-refractivity contribution >= 4 is 28.6 Å². The van der Waals surface area contributed by atoms with Crippen LogP contribution in [-0.2, 0) is 11.2 Å². The molecule has 4 rings (SSSR count). The fraction of sp³-hybridized carbons (Fsp3) is 0.190. The monoisotopic (exact) mass is 361 g/mol. The van der Waals surface area contributed by atoms with Gasteiger partial charge in [-0.2, -0.15) is 0 Å². The molecule has 0 aliphatic carbocycles. The second kappa shape index (κ2) is 7.07. The maximum Gasteiger partial charge on any atom is 0.261 e. The Morgan fingerprint density at radius 2 is 1.63 bits per heavy atom. The van der Waals surface area contributed by atoms with Gasteiger partial charge in [-0.1, -0.05) is 30.3 Å². The predicted octanol–water partition coefficient (Wildman–Crippen LogP) is 2.51. The first-order valence-electron chi connectivity index (χ1n) is 8.92. The van der Waals surface area contributed by atoms with Crippen LogP contribution in [0.2, 0.25) is 0 Å². The van der Waals surface area contributed by atoms with E-state index in [1.54, 1.807) is 24.3 Å². The van der Waals surface area contributed by atoms with Gasteiger partial charge in [0.05, 0.1) is 11.1 Å². The summed E-state index contributed by atoms with van der Waals surface area (Å²) >= 11 is 0. The molecule has 6 nitrogen and oxygen atoms in total. The Bertz CT molecular complexity index is 970. The molecule has 27 heavy (non-hydrogen) atoms. The number of aromatic amines is 1. The second-order valence-electron chi connectivity index (χ2n) is 6.54. The van der Waals surface area contributed by atoms with E-state index in [2.05, 4.69) is 16.4 Å². The van der Waals surface area contributed by atoms with Gasteiger partial charge in [-0.15, -0.1) is 0 Å².